The fraction of sp³-hybridized carbons (Fsp3) is 0.0800. The van der Waals surface area contributed by atoms with Gasteiger partial charge in [-0.15, -0.1) is 0 Å². The van der Waals surface area contributed by atoms with Crippen molar-refractivity contribution in [2.24, 2.45) is 5.92 Å². The molecular formula is C25H23GeTe. The van der Waals surface area contributed by atoms with Crippen molar-refractivity contribution in [3.8, 4) is 0 Å². The zero-order valence-electron chi connectivity index (χ0n) is 15.5. The number of rotatable bonds is 3. The Morgan fingerprint density at radius 3 is 1.22 bits per heavy atom. The van der Waals surface area contributed by atoms with Gasteiger partial charge in [0.1, 0.15) is 0 Å². The third kappa shape index (κ3) is 6.18. The standard InChI is InChI=1S/C18H15Ge.C7H8Te/c1-4-10-16(11-5-1)19(17-12-6-2-7-13-17)18-14-8-3-9-15-18;1-6-2-4-7(8)5-3-6/h1-15H;2-6H,1H3. The monoisotopic (exact) mass is 527 g/mol. The zero-order valence-corrected chi connectivity index (χ0v) is 19.9. The van der Waals surface area contributed by atoms with Crippen LogP contribution in [0.2, 0.25) is 0 Å². The van der Waals surface area contributed by atoms with Crippen LogP contribution >= 0.6 is 0 Å². The second-order valence-corrected chi connectivity index (χ2v) is 13.0. The molecule has 0 heterocycles. The molecule has 1 aliphatic rings. The molecule has 0 aromatic heterocycles. The molecule has 3 aromatic carbocycles. The molecule has 0 amide bonds. The predicted molar refractivity (Wildman–Crippen MR) is 122 cm³/mol. The van der Waals surface area contributed by atoms with Crippen molar-refractivity contribution in [1.29, 1.82) is 0 Å². The van der Waals surface area contributed by atoms with Gasteiger partial charge in [-0.05, 0) is 0 Å². The third-order valence-corrected chi connectivity index (χ3v) is 10.8. The third-order valence-electron chi connectivity index (χ3n) is 4.32. The summed E-state index contributed by atoms with van der Waals surface area (Å²) in [5.74, 6) is 0.639. The predicted octanol–water partition coefficient (Wildman–Crippen LogP) is 3.29. The van der Waals surface area contributed by atoms with Gasteiger partial charge in [-0.2, -0.15) is 0 Å². The van der Waals surface area contributed by atoms with Gasteiger partial charge < -0.3 is 0 Å². The maximum absolute atomic E-state index is 2.27. The van der Waals surface area contributed by atoms with E-state index in [1.54, 1.807) is 0 Å². The van der Waals surface area contributed by atoms with E-state index in [1.807, 2.05) is 21.8 Å². The number of allylic oxidation sites excluding steroid dienone is 4. The van der Waals surface area contributed by atoms with Gasteiger partial charge in [0, 0.05) is 0 Å². The summed E-state index contributed by atoms with van der Waals surface area (Å²) in [7, 11) is 0. The van der Waals surface area contributed by atoms with E-state index in [9.17, 15) is 0 Å². The fourth-order valence-electron chi connectivity index (χ4n) is 2.93. The number of hydrogen-bond donors (Lipinski definition) is 0. The van der Waals surface area contributed by atoms with E-state index in [4.69, 9.17) is 0 Å². The van der Waals surface area contributed by atoms with Crippen LogP contribution in [-0.4, -0.2) is 39.7 Å². The molecule has 0 spiro atoms. The van der Waals surface area contributed by atoms with Gasteiger partial charge in [-0.1, -0.05) is 0 Å². The van der Waals surface area contributed by atoms with Crippen LogP contribution in [0.5, 0.6) is 0 Å². The second-order valence-electron chi connectivity index (χ2n) is 6.45. The first-order chi connectivity index (χ1) is 13.2. The molecule has 4 rings (SSSR count). The molecule has 0 bridgehead atoms. The van der Waals surface area contributed by atoms with E-state index in [1.165, 1.54) is 16.7 Å². The minimum atomic E-state index is -1.63. The second kappa shape index (κ2) is 10.6. The van der Waals surface area contributed by atoms with Crippen LogP contribution < -0.4 is 13.2 Å². The summed E-state index contributed by atoms with van der Waals surface area (Å²) in [6, 6.07) is 32.8. The van der Waals surface area contributed by atoms with Gasteiger partial charge in [0.2, 0.25) is 0 Å². The van der Waals surface area contributed by atoms with Crippen molar-refractivity contribution < 1.29 is 0 Å². The first kappa shape index (κ1) is 20.1. The SMILES string of the molecule is CC1C=CC(=[Te])C=C1.c1cc[c]([Ge]([c]2ccccc2)[c]2ccccc2)cc1. The molecule has 0 atom stereocenters. The van der Waals surface area contributed by atoms with Gasteiger partial charge in [-0.25, -0.2) is 0 Å². The van der Waals surface area contributed by atoms with E-state index < -0.39 is 14.3 Å². The summed E-state index contributed by atoms with van der Waals surface area (Å²) in [6.07, 6.45) is 8.74. The van der Waals surface area contributed by atoms with E-state index in [0.717, 1.165) is 0 Å². The Morgan fingerprint density at radius 2 is 0.926 bits per heavy atom. The van der Waals surface area contributed by atoms with E-state index in [0.29, 0.717) is 5.92 Å². The normalized spacial score (nSPS) is 13.3. The zero-order chi connectivity index (χ0) is 18.9. The molecule has 1 aliphatic carbocycles. The average Bonchev–Trinajstić information content (AvgIpc) is 2.73. The summed E-state index contributed by atoms with van der Waals surface area (Å²) in [6.45, 7) is 2.18. The van der Waals surface area contributed by atoms with Crippen LogP contribution in [0.25, 0.3) is 0 Å². The van der Waals surface area contributed by atoms with Crippen molar-refractivity contribution in [3.63, 3.8) is 0 Å². The summed E-state index contributed by atoms with van der Waals surface area (Å²) in [4.78, 5) is 0. The van der Waals surface area contributed by atoms with Crippen LogP contribution in [-0.2, 0) is 0 Å². The van der Waals surface area contributed by atoms with Crippen LogP contribution in [0.15, 0.2) is 115 Å². The van der Waals surface area contributed by atoms with Crippen molar-refractivity contribution in [3.05, 3.63) is 115 Å². The molecule has 0 unspecified atom stereocenters. The van der Waals surface area contributed by atoms with E-state index in [-0.39, 0.29) is 0 Å². The first-order valence-electron chi connectivity index (χ1n) is 9.17. The Bertz CT molecular complexity index is 789. The molecule has 133 valence electrons. The van der Waals surface area contributed by atoms with Gasteiger partial charge in [0.05, 0.1) is 0 Å². The minimum absolute atomic E-state index is 0.639. The summed E-state index contributed by atoms with van der Waals surface area (Å²) in [5, 5.41) is 0. The quantitative estimate of drug-likeness (QED) is 0.463. The average molecular weight is 524 g/mol. The number of benzene rings is 3. The Kier molecular flexibility index (Phi) is 7.90. The van der Waals surface area contributed by atoms with Gasteiger partial charge in [0.15, 0.2) is 0 Å². The molecule has 0 nitrogen and oxygen atoms in total. The van der Waals surface area contributed by atoms with Crippen LogP contribution in [0.3, 0.4) is 0 Å². The topological polar surface area (TPSA) is 0 Å². The summed E-state index contributed by atoms with van der Waals surface area (Å²) < 4.78 is 5.86. The molecule has 3 aromatic rings. The fourth-order valence-corrected chi connectivity index (χ4v) is 8.78. The van der Waals surface area contributed by atoms with Gasteiger partial charge in [0.25, 0.3) is 0 Å². The van der Waals surface area contributed by atoms with Gasteiger partial charge in [-0.3, -0.25) is 0 Å². The molecule has 0 saturated carbocycles. The van der Waals surface area contributed by atoms with Crippen molar-refractivity contribution in [2.75, 3.05) is 0 Å². The molecule has 2 heteroatoms. The molecule has 0 fully saturated rings. The molecule has 0 saturated heterocycles. The Balaban J connectivity index is 0.000000221. The molecular weight excluding hydrogens is 500 g/mol. The molecule has 1 radical (unpaired) electrons. The van der Waals surface area contributed by atoms with E-state index >= 15 is 0 Å². The van der Waals surface area contributed by atoms with Crippen molar-refractivity contribution in [1.82, 2.24) is 0 Å². The van der Waals surface area contributed by atoms with Crippen molar-refractivity contribution >= 4 is 52.9 Å². The van der Waals surface area contributed by atoms with Crippen LogP contribution in [0.4, 0.5) is 0 Å². The Hall–Kier alpha value is -1.66. The van der Waals surface area contributed by atoms with Crippen LogP contribution in [0, 0.1) is 5.92 Å². The molecule has 0 aliphatic heterocycles. The van der Waals surface area contributed by atoms with Crippen LogP contribution in [0.1, 0.15) is 6.92 Å². The summed E-state index contributed by atoms with van der Waals surface area (Å²) in [5.41, 5.74) is 0. The maximum atomic E-state index is 2.27. The molecule has 0 N–H and O–H groups in total. The molecule has 27 heavy (non-hydrogen) atoms. The summed E-state index contributed by atoms with van der Waals surface area (Å²) >= 11 is 0.411. The Labute approximate surface area is 180 Å². The Morgan fingerprint density at radius 1 is 0.593 bits per heavy atom. The van der Waals surface area contributed by atoms with Crippen molar-refractivity contribution in [2.45, 2.75) is 6.92 Å². The number of hydrogen-bond acceptors (Lipinski definition) is 0. The first-order valence-corrected chi connectivity index (χ1v) is 13.5. The van der Waals surface area contributed by atoms with E-state index in [2.05, 4.69) is 122 Å². The van der Waals surface area contributed by atoms with Gasteiger partial charge >= 0.3 is 181 Å².